The van der Waals surface area contributed by atoms with Crippen LogP contribution in [0.25, 0.3) is 0 Å². The number of hydrogen-bond donors (Lipinski definition) is 0. The van der Waals surface area contributed by atoms with E-state index >= 15 is 0 Å². The zero-order chi connectivity index (χ0) is 11.6. The second-order valence-electron chi connectivity index (χ2n) is 3.31. The largest absolute Gasteiger partial charge is 0.466 e. The average molecular weight is 212 g/mol. The first-order chi connectivity index (χ1) is 6.97. The molecule has 1 aliphatic rings. The maximum Gasteiger partial charge on any atom is 0.335 e. The van der Waals surface area contributed by atoms with Crippen molar-refractivity contribution in [2.45, 2.75) is 26.3 Å². The highest BCUT2D eigenvalue weighted by Gasteiger charge is 2.32. The third kappa shape index (κ3) is 2.20. The summed E-state index contributed by atoms with van der Waals surface area (Å²) in [6.07, 6.45) is 0.0564. The first-order valence-corrected chi connectivity index (χ1v) is 4.44. The van der Waals surface area contributed by atoms with Crippen LogP contribution in [-0.2, 0) is 9.53 Å². The topological polar surface area (TPSA) is 81.8 Å². The lowest BCUT2D eigenvalue weighted by molar-refractivity contribution is -0.502. The molecule has 6 heteroatoms. The SMILES string of the molecule is COC(=O)C1=C(C)N=C(C)C([N+](=O)[O-])C1. The Morgan fingerprint density at radius 2 is 2.20 bits per heavy atom. The lowest BCUT2D eigenvalue weighted by Gasteiger charge is -2.17. The standard InChI is InChI=1S/C9H12N2O4/c1-5-7(9(12)15-3)4-8(11(13)14)6(2)10-5/h8H,4H2,1-3H3. The highest BCUT2D eigenvalue weighted by atomic mass is 16.6. The summed E-state index contributed by atoms with van der Waals surface area (Å²) in [5, 5.41) is 10.7. The number of ether oxygens (including phenoxy) is 1. The smallest absolute Gasteiger partial charge is 0.335 e. The number of allylic oxidation sites excluding steroid dienone is 1. The molecule has 6 nitrogen and oxygen atoms in total. The fourth-order valence-electron chi connectivity index (χ4n) is 1.48. The molecule has 0 aromatic heterocycles. The molecule has 1 unspecified atom stereocenters. The summed E-state index contributed by atoms with van der Waals surface area (Å²) in [7, 11) is 1.24. The van der Waals surface area contributed by atoms with E-state index in [4.69, 9.17) is 0 Å². The summed E-state index contributed by atoms with van der Waals surface area (Å²) in [6.45, 7) is 3.23. The number of carbonyl (C=O) groups is 1. The molecule has 0 N–H and O–H groups in total. The van der Waals surface area contributed by atoms with Gasteiger partial charge < -0.3 is 4.74 Å². The number of aliphatic imine (C=N–C) groups is 1. The van der Waals surface area contributed by atoms with Crippen LogP contribution in [0.5, 0.6) is 0 Å². The molecule has 0 aromatic carbocycles. The lowest BCUT2D eigenvalue weighted by atomic mass is 9.98. The molecule has 15 heavy (non-hydrogen) atoms. The third-order valence-electron chi connectivity index (χ3n) is 2.35. The van der Waals surface area contributed by atoms with Crippen molar-refractivity contribution >= 4 is 11.7 Å². The van der Waals surface area contributed by atoms with Gasteiger partial charge in [0.1, 0.15) is 0 Å². The van der Waals surface area contributed by atoms with E-state index in [-0.39, 0.29) is 12.0 Å². The minimum Gasteiger partial charge on any atom is -0.466 e. The average Bonchev–Trinajstić information content (AvgIpc) is 2.16. The highest BCUT2D eigenvalue weighted by Crippen LogP contribution is 2.22. The first-order valence-electron chi connectivity index (χ1n) is 4.44. The van der Waals surface area contributed by atoms with Crippen LogP contribution in [0, 0.1) is 10.1 Å². The molecule has 0 radical (unpaired) electrons. The van der Waals surface area contributed by atoms with E-state index in [2.05, 4.69) is 9.73 Å². The van der Waals surface area contributed by atoms with Gasteiger partial charge >= 0.3 is 5.97 Å². The Labute approximate surface area is 86.8 Å². The predicted molar refractivity (Wildman–Crippen MR) is 53.2 cm³/mol. The van der Waals surface area contributed by atoms with Crippen LogP contribution in [0.15, 0.2) is 16.3 Å². The van der Waals surface area contributed by atoms with Crippen molar-refractivity contribution < 1.29 is 14.5 Å². The Hall–Kier alpha value is -1.72. The summed E-state index contributed by atoms with van der Waals surface area (Å²) in [5.41, 5.74) is 1.20. The normalized spacial score (nSPS) is 21.0. The van der Waals surface area contributed by atoms with Gasteiger partial charge in [-0.15, -0.1) is 0 Å². The minimum atomic E-state index is -0.914. The van der Waals surface area contributed by atoms with Gasteiger partial charge in [-0.2, -0.15) is 0 Å². The summed E-state index contributed by atoms with van der Waals surface area (Å²) < 4.78 is 4.53. The number of hydrogen-bond acceptors (Lipinski definition) is 5. The van der Waals surface area contributed by atoms with E-state index in [0.717, 1.165) is 0 Å². The number of esters is 1. The number of nitro groups is 1. The van der Waals surface area contributed by atoms with E-state index in [1.165, 1.54) is 7.11 Å². The number of carbonyl (C=O) groups excluding carboxylic acids is 1. The molecule has 0 saturated carbocycles. The number of rotatable bonds is 2. The Kier molecular flexibility index (Phi) is 3.18. The molecule has 0 amide bonds. The van der Waals surface area contributed by atoms with Crippen LogP contribution in [-0.4, -0.2) is 29.8 Å². The summed E-state index contributed by atoms with van der Waals surface area (Å²) >= 11 is 0. The molecule has 1 heterocycles. The molecule has 0 aromatic rings. The Bertz CT molecular complexity index is 370. The molecule has 0 fully saturated rings. The van der Waals surface area contributed by atoms with Gasteiger partial charge in [0.2, 0.25) is 0 Å². The van der Waals surface area contributed by atoms with Crippen molar-refractivity contribution in [1.82, 2.24) is 0 Å². The van der Waals surface area contributed by atoms with Crippen LogP contribution < -0.4 is 0 Å². The molecular weight excluding hydrogens is 200 g/mol. The lowest BCUT2D eigenvalue weighted by Crippen LogP contribution is -2.32. The Morgan fingerprint density at radius 3 is 2.67 bits per heavy atom. The van der Waals surface area contributed by atoms with Crippen LogP contribution in [0.1, 0.15) is 20.3 Å². The number of nitrogens with zero attached hydrogens (tertiary/aromatic N) is 2. The zero-order valence-electron chi connectivity index (χ0n) is 8.81. The second-order valence-corrected chi connectivity index (χ2v) is 3.31. The predicted octanol–water partition coefficient (Wildman–Crippen LogP) is 0.943. The second kappa shape index (κ2) is 4.20. The van der Waals surface area contributed by atoms with Crippen molar-refractivity contribution in [3.05, 3.63) is 21.4 Å². The maximum atomic E-state index is 11.3. The Balaban J connectivity index is 3.04. The van der Waals surface area contributed by atoms with Gasteiger partial charge in [-0.05, 0) is 13.8 Å². The van der Waals surface area contributed by atoms with Crippen LogP contribution in [0.4, 0.5) is 0 Å². The van der Waals surface area contributed by atoms with Gasteiger partial charge in [-0.25, -0.2) is 4.79 Å². The van der Waals surface area contributed by atoms with Gasteiger partial charge in [0.05, 0.1) is 24.8 Å². The summed E-state index contributed by atoms with van der Waals surface area (Å²) in [6, 6.07) is -0.914. The molecule has 82 valence electrons. The molecule has 0 aliphatic carbocycles. The third-order valence-corrected chi connectivity index (χ3v) is 2.35. The van der Waals surface area contributed by atoms with Crippen molar-refractivity contribution in [2.24, 2.45) is 4.99 Å². The quantitative estimate of drug-likeness (QED) is 0.387. The fraction of sp³-hybridized carbons (Fsp3) is 0.556. The highest BCUT2D eigenvalue weighted by molar-refractivity contribution is 5.95. The van der Waals surface area contributed by atoms with Gasteiger partial charge in [0.15, 0.2) is 0 Å². The van der Waals surface area contributed by atoms with Crippen molar-refractivity contribution in [3.63, 3.8) is 0 Å². The van der Waals surface area contributed by atoms with E-state index in [0.29, 0.717) is 11.4 Å². The molecule has 1 aliphatic heterocycles. The molecular formula is C9H12N2O4. The first kappa shape index (κ1) is 11.4. The zero-order valence-corrected chi connectivity index (χ0v) is 8.81. The number of methoxy groups -OCH3 is 1. The fourth-order valence-corrected chi connectivity index (χ4v) is 1.48. The molecule has 1 atom stereocenters. The minimum absolute atomic E-state index is 0.0564. The Morgan fingerprint density at radius 1 is 1.60 bits per heavy atom. The van der Waals surface area contributed by atoms with E-state index in [9.17, 15) is 14.9 Å². The molecule has 0 bridgehead atoms. The molecule has 0 saturated heterocycles. The van der Waals surface area contributed by atoms with Crippen molar-refractivity contribution in [3.8, 4) is 0 Å². The van der Waals surface area contributed by atoms with Gasteiger partial charge in [-0.1, -0.05) is 0 Å². The maximum absolute atomic E-state index is 11.3. The molecule has 1 rings (SSSR count). The van der Waals surface area contributed by atoms with Crippen LogP contribution in [0.3, 0.4) is 0 Å². The van der Waals surface area contributed by atoms with Crippen molar-refractivity contribution in [1.29, 1.82) is 0 Å². The van der Waals surface area contributed by atoms with Gasteiger partial charge in [0, 0.05) is 10.6 Å². The van der Waals surface area contributed by atoms with Crippen molar-refractivity contribution in [2.75, 3.05) is 7.11 Å². The van der Waals surface area contributed by atoms with E-state index in [1.54, 1.807) is 13.8 Å². The van der Waals surface area contributed by atoms with Crippen LogP contribution in [0.2, 0.25) is 0 Å². The van der Waals surface area contributed by atoms with Gasteiger partial charge in [0.25, 0.3) is 6.04 Å². The summed E-state index contributed by atoms with van der Waals surface area (Å²) in [4.78, 5) is 25.5. The van der Waals surface area contributed by atoms with Gasteiger partial charge in [-0.3, -0.25) is 15.1 Å². The van der Waals surface area contributed by atoms with E-state index in [1.807, 2.05) is 0 Å². The van der Waals surface area contributed by atoms with Crippen LogP contribution >= 0.6 is 0 Å². The monoisotopic (exact) mass is 212 g/mol. The van der Waals surface area contributed by atoms with E-state index < -0.39 is 16.9 Å². The summed E-state index contributed by atoms with van der Waals surface area (Å²) in [5.74, 6) is -0.546. The molecule has 0 spiro atoms.